The van der Waals surface area contributed by atoms with Crippen molar-refractivity contribution in [3.8, 4) is 0 Å². The first kappa shape index (κ1) is 16.2. The average Bonchev–Trinajstić information content (AvgIpc) is 3.08. The second-order valence-corrected chi connectivity index (χ2v) is 6.13. The molecule has 1 aromatic carbocycles. The summed E-state index contributed by atoms with van der Waals surface area (Å²) in [5.41, 5.74) is 5.17. The van der Waals surface area contributed by atoms with Crippen LogP contribution < -0.4 is 5.73 Å². The van der Waals surface area contributed by atoms with E-state index in [2.05, 4.69) is 5.10 Å². The number of primary amides is 1. The van der Waals surface area contributed by atoms with Crippen LogP contribution in [0.15, 0.2) is 42.7 Å². The predicted octanol–water partition coefficient (Wildman–Crippen LogP) is 0.384. The number of hydrogen-bond acceptors (Lipinski definition) is 4. The number of amides is 2. The van der Waals surface area contributed by atoms with Crippen LogP contribution in [0.1, 0.15) is 28.8 Å². The Kier molecular flexibility index (Phi) is 4.35. The van der Waals surface area contributed by atoms with Crippen molar-refractivity contribution in [3.63, 3.8) is 0 Å². The Hall–Kier alpha value is -2.67. The minimum absolute atomic E-state index is 0.0593. The Morgan fingerprint density at radius 2 is 2.04 bits per heavy atom. The number of nitrogens with zero attached hydrogens (tertiary/aromatic N) is 3. The van der Waals surface area contributed by atoms with Gasteiger partial charge in [0.25, 0.3) is 11.8 Å². The molecule has 1 aliphatic rings. The Labute approximate surface area is 139 Å². The van der Waals surface area contributed by atoms with Gasteiger partial charge in [0.05, 0.1) is 13.1 Å². The molecular formula is C17H20N4O3. The first-order valence-corrected chi connectivity index (χ1v) is 7.86. The van der Waals surface area contributed by atoms with Crippen LogP contribution in [-0.2, 0) is 11.3 Å². The van der Waals surface area contributed by atoms with Crippen molar-refractivity contribution in [3.05, 3.63) is 53.9 Å². The standard InChI is InChI=1S/C17H20N4O3/c18-16(23)17(24)7-1-9-20(12-17)15(22)14-5-3-13(4-6-14)11-21-10-2-8-19-21/h2-6,8,10,24H,1,7,9,11-12H2,(H2,18,23). The maximum absolute atomic E-state index is 12.6. The summed E-state index contributed by atoms with van der Waals surface area (Å²) in [6.45, 7) is 1.08. The molecule has 0 spiro atoms. The van der Waals surface area contributed by atoms with Crippen LogP contribution in [0.4, 0.5) is 0 Å². The molecule has 0 saturated carbocycles. The second-order valence-electron chi connectivity index (χ2n) is 6.13. The highest BCUT2D eigenvalue weighted by Crippen LogP contribution is 2.22. The Morgan fingerprint density at radius 3 is 2.67 bits per heavy atom. The monoisotopic (exact) mass is 328 g/mol. The molecule has 0 bridgehead atoms. The van der Waals surface area contributed by atoms with Crippen LogP contribution in [0.25, 0.3) is 0 Å². The molecule has 3 rings (SSSR count). The van der Waals surface area contributed by atoms with E-state index < -0.39 is 11.5 Å². The summed E-state index contributed by atoms with van der Waals surface area (Å²) >= 11 is 0. The molecule has 7 nitrogen and oxygen atoms in total. The quantitative estimate of drug-likeness (QED) is 0.847. The van der Waals surface area contributed by atoms with Crippen molar-refractivity contribution >= 4 is 11.8 Å². The van der Waals surface area contributed by atoms with E-state index in [0.717, 1.165) is 5.56 Å². The van der Waals surface area contributed by atoms with E-state index in [9.17, 15) is 14.7 Å². The fourth-order valence-electron chi connectivity index (χ4n) is 2.93. The highest BCUT2D eigenvalue weighted by atomic mass is 16.3. The van der Waals surface area contributed by atoms with Gasteiger partial charge in [-0.1, -0.05) is 12.1 Å². The van der Waals surface area contributed by atoms with Crippen LogP contribution in [0.5, 0.6) is 0 Å². The first-order valence-electron chi connectivity index (χ1n) is 7.86. The molecular weight excluding hydrogens is 308 g/mol. The molecule has 1 fully saturated rings. The Balaban J connectivity index is 1.69. The summed E-state index contributed by atoms with van der Waals surface area (Å²) in [6.07, 6.45) is 4.42. The normalized spacial score (nSPS) is 20.8. The third-order valence-corrected chi connectivity index (χ3v) is 4.32. The van der Waals surface area contributed by atoms with Gasteiger partial charge in [0.2, 0.25) is 0 Å². The number of piperidine rings is 1. The Bertz CT molecular complexity index is 727. The lowest BCUT2D eigenvalue weighted by molar-refractivity contribution is -0.140. The highest BCUT2D eigenvalue weighted by Gasteiger charge is 2.40. The van der Waals surface area contributed by atoms with Gasteiger partial charge in [-0.05, 0) is 36.6 Å². The number of likely N-dealkylation sites (tertiary alicyclic amines) is 1. The number of benzene rings is 1. The van der Waals surface area contributed by atoms with E-state index in [4.69, 9.17) is 5.73 Å². The summed E-state index contributed by atoms with van der Waals surface area (Å²) < 4.78 is 1.80. The minimum atomic E-state index is -1.63. The molecule has 1 aromatic heterocycles. The smallest absolute Gasteiger partial charge is 0.253 e. The van der Waals surface area contributed by atoms with Gasteiger partial charge in [-0.15, -0.1) is 0 Å². The molecule has 24 heavy (non-hydrogen) atoms. The summed E-state index contributed by atoms with van der Waals surface area (Å²) in [5, 5.41) is 14.4. The van der Waals surface area contributed by atoms with Crippen molar-refractivity contribution < 1.29 is 14.7 Å². The van der Waals surface area contributed by atoms with E-state index in [1.165, 1.54) is 4.90 Å². The lowest BCUT2D eigenvalue weighted by Crippen LogP contribution is -2.57. The molecule has 1 atom stereocenters. The lowest BCUT2D eigenvalue weighted by Gasteiger charge is -2.37. The summed E-state index contributed by atoms with van der Waals surface area (Å²) in [4.78, 5) is 25.5. The molecule has 0 radical (unpaired) electrons. The maximum Gasteiger partial charge on any atom is 0.253 e. The molecule has 0 aliphatic carbocycles. The molecule has 7 heteroatoms. The van der Waals surface area contributed by atoms with Crippen molar-refractivity contribution in [2.24, 2.45) is 5.73 Å². The molecule has 126 valence electrons. The van der Waals surface area contributed by atoms with Gasteiger partial charge in [-0.2, -0.15) is 5.10 Å². The predicted molar refractivity (Wildman–Crippen MR) is 87.1 cm³/mol. The molecule has 2 amide bonds. The zero-order valence-corrected chi connectivity index (χ0v) is 13.3. The van der Waals surface area contributed by atoms with E-state index in [-0.39, 0.29) is 18.9 Å². The van der Waals surface area contributed by atoms with Gasteiger partial charge in [-0.25, -0.2) is 0 Å². The number of carbonyl (C=O) groups is 2. The third kappa shape index (κ3) is 3.30. The minimum Gasteiger partial charge on any atom is -0.378 e. The average molecular weight is 328 g/mol. The number of hydrogen-bond donors (Lipinski definition) is 2. The maximum atomic E-state index is 12.6. The van der Waals surface area contributed by atoms with Gasteiger partial charge in [-0.3, -0.25) is 14.3 Å². The topological polar surface area (TPSA) is 101 Å². The van der Waals surface area contributed by atoms with E-state index in [0.29, 0.717) is 25.1 Å². The largest absolute Gasteiger partial charge is 0.378 e. The van der Waals surface area contributed by atoms with E-state index in [1.807, 2.05) is 24.4 Å². The zero-order valence-electron chi connectivity index (χ0n) is 13.3. The molecule has 1 aliphatic heterocycles. The van der Waals surface area contributed by atoms with Crippen LogP contribution in [0.2, 0.25) is 0 Å². The number of nitrogens with two attached hydrogens (primary N) is 1. The van der Waals surface area contributed by atoms with Crippen molar-refractivity contribution in [1.82, 2.24) is 14.7 Å². The number of β-amino-alcohol motifs (C(OH)–C–C–N with tert-alkyl or cyclic N) is 1. The summed E-state index contributed by atoms with van der Waals surface area (Å²) in [7, 11) is 0. The van der Waals surface area contributed by atoms with Gasteiger partial charge in [0.1, 0.15) is 0 Å². The number of aromatic nitrogens is 2. The number of carbonyl (C=O) groups excluding carboxylic acids is 2. The number of aliphatic hydroxyl groups is 1. The Morgan fingerprint density at radius 1 is 1.29 bits per heavy atom. The molecule has 3 N–H and O–H groups in total. The molecule has 2 aromatic rings. The van der Waals surface area contributed by atoms with Crippen LogP contribution in [0, 0.1) is 0 Å². The highest BCUT2D eigenvalue weighted by molar-refractivity contribution is 5.95. The fraction of sp³-hybridized carbons (Fsp3) is 0.353. The SMILES string of the molecule is NC(=O)C1(O)CCCN(C(=O)c2ccc(Cn3cccn3)cc2)C1. The summed E-state index contributed by atoms with van der Waals surface area (Å²) in [5.74, 6) is -0.991. The molecule has 1 unspecified atom stereocenters. The molecule has 2 heterocycles. The van der Waals surface area contributed by atoms with Crippen LogP contribution in [0.3, 0.4) is 0 Å². The van der Waals surface area contributed by atoms with Crippen molar-refractivity contribution in [2.45, 2.75) is 25.0 Å². The third-order valence-electron chi connectivity index (χ3n) is 4.32. The van der Waals surface area contributed by atoms with Gasteiger partial charge in [0.15, 0.2) is 5.60 Å². The van der Waals surface area contributed by atoms with Gasteiger partial charge in [0, 0.05) is 24.5 Å². The second kappa shape index (κ2) is 6.45. The molecule has 1 saturated heterocycles. The first-order chi connectivity index (χ1) is 11.5. The van der Waals surface area contributed by atoms with Crippen LogP contribution >= 0.6 is 0 Å². The van der Waals surface area contributed by atoms with Crippen molar-refractivity contribution in [1.29, 1.82) is 0 Å². The van der Waals surface area contributed by atoms with Gasteiger partial charge >= 0.3 is 0 Å². The fourth-order valence-corrected chi connectivity index (χ4v) is 2.93. The number of rotatable bonds is 4. The van der Waals surface area contributed by atoms with Crippen LogP contribution in [-0.4, -0.2) is 50.3 Å². The van der Waals surface area contributed by atoms with E-state index in [1.54, 1.807) is 23.0 Å². The lowest BCUT2D eigenvalue weighted by atomic mass is 9.92. The zero-order chi connectivity index (χ0) is 17.2. The summed E-state index contributed by atoms with van der Waals surface area (Å²) in [6, 6.07) is 9.10. The van der Waals surface area contributed by atoms with Crippen molar-refractivity contribution in [2.75, 3.05) is 13.1 Å². The van der Waals surface area contributed by atoms with Gasteiger partial charge < -0.3 is 15.7 Å². The van der Waals surface area contributed by atoms with E-state index >= 15 is 0 Å².